The Labute approximate surface area is 174 Å². The Kier molecular flexibility index (Phi) is 6.07. The lowest BCUT2D eigenvalue weighted by molar-refractivity contribution is -0.122. The van der Waals surface area contributed by atoms with E-state index in [9.17, 15) is 4.79 Å². The molecule has 1 amide bonds. The molecule has 1 aliphatic rings. The number of amides is 1. The second-order valence-electron chi connectivity index (χ2n) is 6.77. The average Bonchev–Trinajstić information content (AvgIpc) is 3.44. The number of hydrogen-bond acceptors (Lipinski definition) is 6. The fourth-order valence-corrected chi connectivity index (χ4v) is 4.01. The molecule has 6 nitrogen and oxygen atoms in total. The monoisotopic (exact) mass is 409 g/mol. The van der Waals surface area contributed by atoms with Gasteiger partial charge < -0.3 is 14.8 Å². The van der Waals surface area contributed by atoms with Gasteiger partial charge in [-0.05, 0) is 29.8 Å². The van der Waals surface area contributed by atoms with Crippen molar-refractivity contribution < 1.29 is 14.3 Å². The van der Waals surface area contributed by atoms with Crippen molar-refractivity contribution in [1.29, 1.82) is 0 Å². The second kappa shape index (κ2) is 9.07. The Morgan fingerprint density at radius 3 is 2.79 bits per heavy atom. The standard InChI is InChI=1S/C22H23N3O3S/c1-2-25(13-16-8-9-18-19(12-16)28-15-27-18)14-20(26)24-21(22-23-10-11-29-22)17-6-4-3-5-7-17/h3-12,21H,2,13-15H2,1H3,(H,24,26). The summed E-state index contributed by atoms with van der Waals surface area (Å²) in [6, 6.07) is 15.6. The Morgan fingerprint density at radius 1 is 1.21 bits per heavy atom. The quantitative estimate of drug-likeness (QED) is 0.616. The number of ether oxygens (including phenoxy) is 2. The summed E-state index contributed by atoms with van der Waals surface area (Å²) >= 11 is 1.54. The smallest absolute Gasteiger partial charge is 0.235 e. The van der Waals surface area contributed by atoms with Crippen LogP contribution in [0.2, 0.25) is 0 Å². The average molecular weight is 410 g/mol. The van der Waals surface area contributed by atoms with Crippen molar-refractivity contribution in [3.8, 4) is 11.5 Å². The Morgan fingerprint density at radius 2 is 2.03 bits per heavy atom. The molecular formula is C22H23N3O3S. The predicted octanol–water partition coefficient (Wildman–Crippen LogP) is 3.60. The maximum absolute atomic E-state index is 12.8. The number of fused-ring (bicyclic) bond motifs is 1. The van der Waals surface area contributed by atoms with Gasteiger partial charge in [0.05, 0.1) is 6.54 Å². The number of aromatic nitrogens is 1. The van der Waals surface area contributed by atoms with E-state index < -0.39 is 0 Å². The molecule has 2 heterocycles. The highest BCUT2D eigenvalue weighted by atomic mass is 32.1. The molecule has 0 saturated carbocycles. The summed E-state index contributed by atoms with van der Waals surface area (Å²) in [6.07, 6.45) is 1.76. The summed E-state index contributed by atoms with van der Waals surface area (Å²) in [6.45, 7) is 4.04. The zero-order valence-electron chi connectivity index (χ0n) is 16.2. The first-order valence-electron chi connectivity index (χ1n) is 9.57. The van der Waals surface area contributed by atoms with E-state index in [4.69, 9.17) is 9.47 Å². The van der Waals surface area contributed by atoms with E-state index in [0.29, 0.717) is 13.1 Å². The minimum Gasteiger partial charge on any atom is -0.454 e. The lowest BCUT2D eigenvalue weighted by Gasteiger charge is -2.23. The lowest BCUT2D eigenvalue weighted by Crippen LogP contribution is -2.39. The van der Waals surface area contributed by atoms with Crippen molar-refractivity contribution in [3.63, 3.8) is 0 Å². The van der Waals surface area contributed by atoms with Crippen LogP contribution in [0.25, 0.3) is 0 Å². The van der Waals surface area contributed by atoms with Crippen LogP contribution in [0, 0.1) is 0 Å². The highest BCUT2D eigenvalue weighted by Crippen LogP contribution is 2.32. The molecule has 4 rings (SSSR count). The number of likely N-dealkylation sites (N-methyl/N-ethyl adjacent to an activating group) is 1. The molecule has 1 unspecified atom stereocenters. The third-order valence-corrected chi connectivity index (χ3v) is 5.63. The van der Waals surface area contributed by atoms with Gasteiger partial charge in [-0.1, -0.05) is 43.3 Å². The Hall–Kier alpha value is -2.90. The van der Waals surface area contributed by atoms with Crippen molar-refractivity contribution in [1.82, 2.24) is 15.2 Å². The van der Waals surface area contributed by atoms with E-state index in [1.54, 1.807) is 17.5 Å². The number of rotatable bonds is 8. The first kappa shape index (κ1) is 19.4. The number of carbonyl (C=O) groups is 1. The zero-order chi connectivity index (χ0) is 20.1. The van der Waals surface area contributed by atoms with Gasteiger partial charge in [0, 0.05) is 18.1 Å². The predicted molar refractivity (Wildman–Crippen MR) is 112 cm³/mol. The van der Waals surface area contributed by atoms with Gasteiger partial charge in [0.15, 0.2) is 11.5 Å². The SMILES string of the molecule is CCN(CC(=O)NC(c1ccccc1)c1nccs1)Cc1ccc2c(c1)OCO2. The van der Waals surface area contributed by atoms with Crippen LogP contribution in [0.1, 0.15) is 29.1 Å². The highest BCUT2D eigenvalue weighted by Gasteiger charge is 2.21. The van der Waals surface area contributed by atoms with E-state index in [1.165, 1.54) is 0 Å². The van der Waals surface area contributed by atoms with Gasteiger partial charge in [0.2, 0.25) is 12.7 Å². The summed E-state index contributed by atoms with van der Waals surface area (Å²) in [5.41, 5.74) is 2.11. The Bertz CT molecular complexity index is 947. The highest BCUT2D eigenvalue weighted by molar-refractivity contribution is 7.09. The third kappa shape index (κ3) is 4.75. The number of benzene rings is 2. The molecule has 150 valence electrons. The van der Waals surface area contributed by atoms with Gasteiger partial charge in [-0.3, -0.25) is 9.69 Å². The normalized spacial score (nSPS) is 13.4. The van der Waals surface area contributed by atoms with Crippen LogP contribution in [0.3, 0.4) is 0 Å². The third-order valence-electron chi connectivity index (χ3n) is 4.79. The number of nitrogens with zero attached hydrogens (tertiary/aromatic N) is 2. The molecule has 0 aliphatic carbocycles. The van der Waals surface area contributed by atoms with Crippen molar-refractivity contribution in [2.75, 3.05) is 19.9 Å². The van der Waals surface area contributed by atoms with Gasteiger partial charge in [-0.2, -0.15) is 0 Å². The van der Waals surface area contributed by atoms with Gasteiger partial charge >= 0.3 is 0 Å². The molecule has 0 radical (unpaired) electrons. The number of carbonyl (C=O) groups excluding carboxylic acids is 1. The summed E-state index contributed by atoms with van der Waals surface area (Å²) in [5, 5.41) is 5.95. The van der Waals surface area contributed by atoms with Gasteiger partial charge in [0.1, 0.15) is 11.0 Å². The fraction of sp³-hybridized carbons (Fsp3) is 0.273. The van der Waals surface area contributed by atoms with Crippen LogP contribution in [-0.4, -0.2) is 35.7 Å². The molecule has 29 heavy (non-hydrogen) atoms. The minimum atomic E-state index is -0.243. The van der Waals surface area contributed by atoms with Crippen LogP contribution < -0.4 is 14.8 Å². The van der Waals surface area contributed by atoms with Crippen molar-refractivity contribution >= 4 is 17.2 Å². The van der Waals surface area contributed by atoms with Gasteiger partial charge in [-0.15, -0.1) is 11.3 Å². The van der Waals surface area contributed by atoms with Crippen molar-refractivity contribution in [2.45, 2.75) is 19.5 Å². The zero-order valence-corrected chi connectivity index (χ0v) is 17.0. The molecule has 1 atom stereocenters. The summed E-state index contributed by atoms with van der Waals surface area (Å²) < 4.78 is 10.8. The van der Waals surface area contributed by atoms with Crippen LogP contribution in [0.15, 0.2) is 60.1 Å². The van der Waals surface area contributed by atoms with Gasteiger partial charge in [-0.25, -0.2) is 4.98 Å². The maximum atomic E-state index is 12.8. The van der Waals surface area contributed by atoms with E-state index in [0.717, 1.165) is 34.2 Å². The van der Waals surface area contributed by atoms with Crippen molar-refractivity contribution in [2.24, 2.45) is 0 Å². The molecule has 3 aromatic rings. The maximum Gasteiger partial charge on any atom is 0.235 e. The molecule has 1 N–H and O–H groups in total. The molecule has 0 saturated heterocycles. The molecule has 0 bridgehead atoms. The molecule has 7 heteroatoms. The fourth-order valence-electron chi connectivity index (χ4n) is 3.30. The number of nitrogens with one attached hydrogen (secondary N) is 1. The number of hydrogen-bond donors (Lipinski definition) is 1. The molecule has 0 spiro atoms. The summed E-state index contributed by atoms with van der Waals surface area (Å²) in [4.78, 5) is 19.4. The molecule has 1 aliphatic heterocycles. The van der Waals surface area contributed by atoms with Crippen molar-refractivity contribution in [3.05, 3.63) is 76.2 Å². The van der Waals surface area contributed by atoms with Crippen LogP contribution >= 0.6 is 11.3 Å². The van der Waals surface area contributed by atoms with Crippen LogP contribution in [-0.2, 0) is 11.3 Å². The largest absolute Gasteiger partial charge is 0.454 e. The van der Waals surface area contributed by atoms with Crippen LogP contribution in [0.5, 0.6) is 11.5 Å². The van der Waals surface area contributed by atoms with Crippen LogP contribution in [0.4, 0.5) is 0 Å². The summed E-state index contributed by atoms with van der Waals surface area (Å²) in [5.74, 6) is 1.50. The van der Waals surface area contributed by atoms with E-state index in [1.807, 2.05) is 53.9 Å². The summed E-state index contributed by atoms with van der Waals surface area (Å²) in [7, 11) is 0. The molecule has 1 aromatic heterocycles. The second-order valence-corrected chi connectivity index (χ2v) is 7.70. The van der Waals surface area contributed by atoms with E-state index in [-0.39, 0.29) is 18.7 Å². The molecular weight excluding hydrogens is 386 g/mol. The topological polar surface area (TPSA) is 63.7 Å². The number of thiazole rings is 1. The van der Waals surface area contributed by atoms with E-state index in [2.05, 4.69) is 22.1 Å². The first-order valence-corrected chi connectivity index (χ1v) is 10.5. The lowest BCUT2D eigenvalue weighted by atomic mass is 10.1. The molecule has 0 fully saturated rings. The minimum absolute atomic E-state index is 0.0309. The van der Waals surface area contributed by atoms with E-state index >= 15 is 0 Å². The Balaban J connectivity index is 1.42. The first-order chi connectivity index (χ1) is 14.2. The molecule has 2 aromatic carbocycles. The van der Waals surface area contributed by atoms with Gasteiger partial charge in [0.25, 0.3) is 0 Å².